The third kappa shape index (κ3) is 5.43. The number of benzene rings is 2. The fourth-order valence-corrected chi connectivity index (χ4v) is 4.49. The lowest BCUT2D eigenvalue weighted by Crippen LogP contribution is -2.24. The normalized spacial score (nSPS) is 15.5. The van der Waals surface area contributed by atoms with Crippen molar-refractivity contribution in [1.82, 2.24) is 10.2 Å². The molecule has 3 amide bonds. The SMILES string of the molecule is CCCC(=O)Nc1cccc(C(=O)Nc2nnc(C3CC(=O)N(c4ccc(C)cc4)C3)s2)c1. The summed E-state index contributed by atoms with van der Waals surface area (Å²) < 4.78 is 0. The lowest BCUT2D eigenvalue weighted by atomic mass is 10.1. The van der Waals surface area contributed by atoms with Crippen molar-refractivity contribution in [3.63, 3.8) is 0 Å². The Hall–Kier alpha value is -3.59. The van der Waals surface area contributed by atoms with Gasteiger partial charge in [0.2, 0.25) is 16.9 Å². The molecule has 170 valence electrons. The molecule has 3 aromatic rings. The average molecular weight is 464 g/mol. The smallest absolute Gasteiger partial charge is 0.257 e. The number of aromatic nitrogens is 2. The zero-order valence-corrected chi connectivity index (χ0v) is 19.3. The minimum atomic E-state index is -0.340. The van der Waals surface area contributed by atoms with Crippen LogP contribution in [0.2, 0.25) is 0 Å². The molecule has 0 radical (unpaired) electrons. The molecule has 0 bridgehead atoms. The van der Waals surface area contributed by atoms with Crippen molar-refractivity contribution in [3.05, 3.63) is 64.7 Å². The van der Waals surface area contributed by atoms with Gasteiger partial charge in [-0.3, -0.25) is 19.7 Å². The second kappa shape index (κ2) is 9.91. The van der Waals surface area contributed by atoms with Crippen LogP contribution in [0.1, 0.15) is 53.0 Å². The van der Waals surface area contributed by atoms with Gasteiger partial charge in [0.05, 0.1) is 0 Å². The van der Waals surface area contributed by atoms with E-state index < -0.39 is 0 Å². The maximum atomic E-state index is 12.7. The van der Waals surface area contributed by atoms with Gasteiger partial charge >= 0.3 is 0 Å². The Kier molecular flexibility index (Phi) is 6.79. The predicted molar refractivity (Wildman–Crippen MR) is 129 cm³/mol. The summed E-state index contributed by atoms with van der Waals surface area (Å²) >= 11 is 1.27. The molecule has 1 fully saturated rings. The third-order valence-corrected chi connectivity index (χ3v) is 6.37. The third-order valence-electron chi connectivity index (χ3n) is 5.37. The number of nitrogens with zero attached hydrogens (tertiary/aromatic N) is 3. The molecule has 2 N–H and O–H groups in total. The quantitative estimate of drug-likeness (QED) is 0.542. The molecule has 0 spiro atoms. The zero-order valence-electron chi connectivity index (χ0n) is 18.5. The van der Waals surface area contributed by atoms with E-state index in [1.807, 2.05) is 38.1 Å². The van der Waals surface area contributed by atoms with Gasteiger partial charge < -0.3 is 10.2 Å². The Balaban J connectivity index is 1.40. The van der Waals surface area contributed by atoms with Gasteiger partial charge in [0, 0.05) is 42.2 Å². The lowest BCUT2D eigenvalue weighted by molar-refractivity contribution is -0.117. The van der Waals surface area contributed by atoms with Crippen LogP contribution in [-0.4, -0.2) is 34.5 Å². The molecule has 2 heterocycles. The van der Waals surface area contributed by atoms with Gasteiger partial charge in [-0.1, -0.05) is 42.0 Å². The van der Waals surface area contributed by atoms with Gasteiger partial charge in [-0.2, -0.15) is 0 Å². The Morgan fingerprint density at radius 3 is 2.67 bits per heavy atom. The topological polar surface area (TPSA) is 104 Å². The van der Waals surface area contributed by atoms with E-state index in [2.05, 4.69) is 20.8 Å². The molecule has 1 aromatic heterocycles. The Bertz CT molecular complexity index is 1170. The number of rotatable bonds is 7. The summed E-state index contributed by atoms with van der Waals surface area (Å²) in [6, 6.07) is 14.6. The molecule has 9 heteroatoms. The van der Waals surface area contributed by atoms with Crippen LogP contribution in [0, 0.1) is 6.92 Å². The van der Waals surface area contributed by atoms with E-state index in [4.69, 9.17) is 0 Å². The zero-order chi connectivity index (χ0) is 23.4. The molecule has 33 heavy (non-hydrogen) atoms. The second-order valence-electron chi connectivity index (χ2n) is 8.02. The van der Waals surface area contributed by atoms with Gasteiger partial charge in [0.1, 0.15) is 5.01 Å². The predicted octanol–water partition coefficient (Wildman–Crippen LogP) is 4.36. The number of hydrogen-bond donors (Lipinski definition) is 2. The maximum absolute atomic E-state index is 12.7. The summed E-state index contributed by atoms with van der Waals surface area (Å²) in [5, 5.41) is 14.9. The summed E-state index contributed by atoms with van der Waals surface area (Å²) in [5.74, 6) is -0.451. The first-order valence-corrected chi connectivity index (χ1v) is 11.7. The molecule has 8 nitrogen and oxygen atoms in total. The van der Waals surface area contributed by atoms with E-state index >= 15 is 0 Å². The highest BCUT2D eigenvalue weighted by molar-refractivity contribution is 7.15. The number of anilines is 3. The highest BCUT2D eigenvalue weighted by atomic mass is 32.1. The molecule has 1 atom stereocenters. The molecular formula is C24H25N5O3S. The number of amides is 3. The summed E-state index contributed by atoms with van der Waals surface area (Å²) in [7, 11) is 0. The first kappa shape index (κ1) is 22.6. The van der Waals surface area contributed by atoms with E-state index in [0.717, 1.165) is 17.7 Å². The number of carbonyl (C=O) groups is 3. The number of carbonyl (C=O) groups excluding carboxylic acids is 3. The number of nitrogens with one attached hydrogen (secondary N) is 2. The second-order valence-corrected chi connectivity index (χ2v) is 9.03. The Morgan fingerprint density at radius 2 is 1.91 bits per heavy atom. The highest BCUT2D eigenvalue weighted by Gasteiger charge is 2.34. The molecule has 1 saturated heterocycles. The van der Waals surface area contributed by atoms with E-state index in [-0.39, 0.29) is 23.6 Å². The van der Waals surface area contributed by atoms with Crippen LogP contribution in [0.15, 0.2) is 48.5 Å². The summed E-state index contributed by atoms with van der Waals surface area (Å²) in [4.78, 5) is 38.8. The van der Waals surface area contributed by atoms with Gasteiger partial charge in [0.25, 0.3) is 5.91 Å². The van der Waals surface area contributed by atoms with Crippen LogP contribution >= 0.6 is 11.3 Å². The molecule has 4 rings (SSSR count). The van der Waals surface area contributed by atoms with E-state index in [1.54, 1.807) is 29.2 Å². The summed E-state index contributed by atoms with van der Waals surface area (Å²) in [6.07, 6.45) is 1.53. The summed E-state index contributed by atoms with van der Waals surface area (Å²) in [5.41, 5.74) is 2.99. The molecular weight excluding hydrogens is 438 g/mol. The van der Waals surface area contributed by atoms with Crippen molar-refractivity contribution in [1.29, 1.82) is 0 Å². The molecule has 0 aliphatic carbocycles. The first-order valence-electron chi connectivity index (χ1n) is 10.8. The molecule has 2 aromatic carbocycles. The fraction of sp³-hybridized carbons (Fsp3) is 0.292. The van der Waals surface area contributed by atoms with Crippen LogP contribution in [-0.2, 0) is 9.59 Å². The maximum Gasteiger partial charge on any atom is 0.257 e. The minimum Gasteiger partial charge on any atom is -0.326 e. The monoisotopic (exact) mass is 463 g/mol. The van der Waals surface area contributed by atoms with E-state index in [0.29, 0.717) is 40.8 Å². The van der Waals surface area contributed by atoms with Crippen LogP contribution in [0.4, 0.5) is 16.5 Å². The van der Waals surface area contributed by atoms with Crippen LogP contribution in [0.3, 0.4) is 0 Å². The van der Waals surface area contributed by atoms with Crippen molar-refractivity contribution in [2.75, 3.05) is 22.1 Å². The lowest BCUT2D eigenvalue weighted by Gasteiger charge is -2.16. The van der Waals surface area contributed by atoms with Gasteiger partial charge in [-0.15, -0.1) is 10.2 Å². The van der Waals surface area contributed by atoms with E-state index in [1.165, 1.54) is 11.3 Å². The van der Waals surface area contributed by atoms with Crippen LogP contribution < -0.4 is 15.5 Å². The molecule has 1 unspecified atom stereocenters. The number of aryl methyl sites for hydroxylation is 1. The van der Waals surface area contributed by atoms with Crippen molar-refractivity contribution in [2.24, 2.45) is 0 Å². The molecule has 1 aliphatic heterocycles. The van der Waals surface area contributed by atoms with Crippen molar-refractivity contribution < 1.29 is 14.4 Å². The minimum absolute atomic E-state index is 0.0478. The highest BCUT2D eigenvalue weighted by Crippen LogP contribution is 2.34. The van der Waals surface area contributed by atoms with Crippen molar-refractivity contribution in [2.45, 2.75) is 39.0 Å². The van der Waals surface area contributed by atoms with Crippen molar-refractivity contribution in [3.8, 4) is 0 Å². The van der Waals surface area contributed by atoms with E-state index in [9.17, 15) is 14.4 Å². The standard InChI is InChI=1S/C24H25N5O3S/c1-3-5-20(30)25-18-7-4-6-16(12-18)22(32)26-24-28-27-23(33-24)17-13-21(31)29(14-17)19-10-8-15(2)9-11-19/h4,6-12,17H,3,5,13-14H2,1-2H3,(H,25,30)(H,26,28,32). The van der Waals surface area contributed by atoms with Gasteiger partial charge in [-0.25, -0.2) is 0 Å². The average Bonchev–Trinajstić information content (AvgIpc) is 3.41. The summed E-state index contributed by atoms with van der Waals surface area (Å²) in [6.45, 7) is 4.47. The molecule has 0 saturated carbocycles. The van der Waals surface area contributed by atoms with Gasteiger partial charge in [0.15, 0.2) is 0 Å². The first-order chi connectivity index (χ1) is 15.9. The van der Waals surface area contributed by atoms with Gasteiger partial charge in [-0.05, 0) is 43.7 Å². The Morgan fingerprint density at radius 1 is 1.12 bits per heavy atom. The van der Waals surface area contributed by atoms with Crippen molar-refractivity contribution >= 4 is 45.6 Å². The number of hydrogen-bond acceptors (Lipinski definition) is 6. The largest absolute Gasteiger partial charge is 0.326 e. The van der Waals surface area contributed by atoms with Crippen LogP contribution in [0.25, 0.3) is 0 Å². The Labute approximate surface area is 196 Å². The molecule has 1 aliphatic rings. The fourth-order valence-electron chi connectivity index (χ4n) is 3.66. The van der Waals surface area contributed by atoms with Crippen LogP contribution in [0.5, 0.6) is 0 Å².